The van der Waals surface area contributed by atoms with Crippen LogP contribution in [-0.4, -0.2) is 22.4 Å². The van der Waals surface area contributed by atoms with Crippen LogP contribution in [0, 0.1) is 0 Å². The minimum absolute atomic E-state index is 0.00459. The monoisotopic (exact) mass is 230 g/mol. The van der Waals surface area contributed by atoms with E-state index < -0.39 is 4.75 Å². The van der Waals surface area contributed by atoms with Gasteiger partial charge in [-0.2, -0.15) is 0 Å². The van der Waals surface area contributed by atoms with Crippen LogP contribution in [0.15, 0.2) is 0 Å². The Bertz CT molecular complexity index is 244. The second-order valence-electron chi connectivity index (χ2n) is 3.87. The number of carbonyl (C=O) groups is 2. The molecule has 0 spiro atoms. The normalized spacial score (nSPS) is 19.6. The van der Waals surface area contributed by atoms with E-state index >= 15 is 0 Å². The molecule has 15 heavy (non-hydrogen) atoms. The van der Waals surface area contributed by atoms with E-state index in [1.54, 1.807) is 6.92 Å². The molecule has 0 unspecified atom stereocenters. The lowest BCUT2D eigenvalue weighted by atomic mass is 9.88. The number of carbonyl (C=O) groups excluding carboxylic acids is 2. The Hall–Kier alpha value is -0.510. The first-order valence-electron chi connectivity index (χ1n) is 5.47. The lowest BCUT2D eigenvalue weighted by molar-refractivity contribution is -0.147. The summed E-state index contributed by atoms with van der Waals surface area (Å²) in [6.07, 6.45) is 4.73. The molecule has 0 aromatic heterocycles. The Morgan fingerprint density at radius 2 is 1.87 bits per heavy atom. The standard InChI is InChI=1S/C11H18O3S/c1-3-14-10(13)11(15-9(2)12)7-5-4-6-8-11/h3-8H2,1-2H3. The highest BCUT2D eigenvalue weighted by molar-refractivity contribution is 8.15. The van der Waals surface area contributed by atoms with E-state index in [0.29, 0.717) is 6.61 Å². The topological polar surface area (TPSA) is 43.4 Å². The zero-order chi connectivity index (χ0) is 11.3. The molecule has 1 fully saturated rings. The molecule has 86 valence electrons. The summed E-state index contributed by atoms with van der Waals surface area (Å²) in [5.74, 6) is -0.204. The molecule has 0 N–H and O–H groups in total. The van der Waals surface area contributed by atoms with Gasteiger partial charge < -0.3 is 4.74 Å². The number of thioether (sulfide) groups is 1. The second-order valence-corrected chi connectivity index (χ2v) is 5.43. The Kier molecular flexibility index (Phi) is 4.64. The molecule has 1 aliphatic rings. The second kappa shape index (κ2) is 5.54. The van der Waals surface area contributed by atoms with Gasteiger partial charge in [0.1, 0.15) is 4.75 Å². The summed E-state index contributed by atoms with van der Waals surface area (Å²) in [6.45, 7) is 3.70. The van der Waals surface area contributed by atoms with Gasteiger partial charge in [-0.25, -0.2) is 0 Å². The molecule has 0 heterocycles. The zero-order valence-corrected chi connectivity index (χ0v) is 10.2. The van der Waals surface area contributed by atoms with Gasteiger partial charge in [-0.15, -0.1) is 0 Å². The molecule has 0 aromatic carbocycles. The van der Waals surface area contributed by atoms with Crippen LogP contribution in [0.5, 0.6) is 0 Å². The molecule has 3 nitrogen and oxygen atoms in total. The molecule has 1 aliphatic carbocycles. The highest BCUT2D eigenvalue weighted by atomic mass is 32.2. The van der Waals surface area contributed by atoms with Crippen molar-refractivity contribution < 1.29 is 14.3 Å². The van der Waals surface area contributed by atoms with Crippen molar-refractivity contribution in [3.63, 3.8) is 0 Å². The summed E-state index contributed by atoms with van der Waals surface area (Å²) >= 11 is 1.16. The fraction of sp³-hybridized carbons (Fsp3) is 0.818. The maximum Gasteiger partial charge on any atom is 0.322 e. The number of ether oxygens (including phenoxy) is 1. The summed E-state index contributed by atoms with van der Waals surface area (Å²) in [5.41, 5.74) is 0. The highest BCUT2D eigenvalue weighted by Crippen LogP contribution is 2.41. The van der Waals surface area contributed by atoms with Crippen LogP contribution in [0.1, 0.15) is 46.0 Å². The summed E-state index contributed by atoms with van der Waals surface area (Å²) in [5, 5.41) is 0.00459. The van der Waals surface area contributed by atoms with E-state index in [9.17, 15) is 9.59 Å². The molecule has 4 heteroatoms. The molecule has 0 aromatic rings. The summed E-state index contributed by atoms with van der Waals surface area (Å²) in [4.78, 5) is 23.0. The first kappa shape index (κ1) is 12.6. The van der Waals surface area contributed by atoms with E-state index in [-0.39, 0.29) is 11.1 Å². The van der Waals surface area contributed by atoms with E-state index in [4.69, 9.17) is 4.74 Å². The minimum atomic E-state index is -0.583. The minimum Gasteiger partial charge on any atom is -0.465 e. The van der Waals surface area contributed by atoms with E-state index in [2.05, 4.69) is 0 Å². The predicted octanol–water partition coefficient (Wildman–Crippen LogP) is 2.53. The molecular weight excluding hydrogens is 212 g/mol. The van der Waals surface area contributed by atoms with Crippen molar-refractivity contribution in [2.75, 3.05) is 6.61 Å². The third kappa shape index (κ3) is 3.23. The lowest BCUT2D eigenvalue weighted by Gasteiger charge is -2.32. The van der Waals surface area contributed by atoms with Gasteiger partial charge >= 0.3 is 5.97 Å². The van der Waals surface area contributed by atoms with Gasteiger partial charge in [0, 0.05) is 6.92 Å². The van der Waals surface area contributed by atoms with E-state index in [0.717, 1.165) is 43.9 Å². The maximum atomic E-state index is 11.9. The van der Waals surface area contributed by atoms with E-state index in [1.807, 2.05) is 0 Å². The average Bonchev–Trinajstić information content (AvgIpc) is 2.18. The van der Waals surface area contributed by atoms with Crippen molar-refractivity contribution in [3.8, 4) is 0 Å². The third-order valence-corrected chi connectivity index (χ3v) is 3.90. The average molecular weight is 230 g/mol. The van der Waals surface area contributed by atoms with Gasteiger partial charge in [-0.3, -0.25) is 9.59 Å². The SMILES string of the molecule is CCOC(=O)C1(SC(C)=O)CCCCC1. The molecule has 1 saturated carbocycles. The highest BCUT2D eigenvalue weighted by Gasteiger charge is 2.42. The fourth-order valence-electron chi connectivity index (χ4n) is 2.01. The van der Waals surface area contributed by atoms with Crippen LogP contribution in [0.3, 0.4) is 0 Å². The van der Waals surface area contributed by atoms with Crippen LogP contribution in [-0.2, 0) is 14.3 Å². The van der Waals surface area contributed by atoms with Crippen LogP contribution in [0.2, 0.25) is 0 Å². The van der Waals surface area contributed by atoms with Crippen molar-refractivity contribution in [3.05, 3.63) is 0 Å². The molecule has 0 saturated heterocycles. The first-order valence-corrected chi connectivity index (χ1v) is 6.29. The van der Waals surface area contributed by atoms with Crippen molar-refractivity contribution in [2.24, 2.45) is 0 Å². The smallest absolute Gasteiger partial charge is 0.322 e. The van der Waals surface area contributed by atoms with Gasteiger partial charge in [0.15, 0.2) is 5.12 Å². The summed E-state index contributed by atoms with van der Waals surface area (Å²) in [6, 6.07) is 0. The number of hydrogen-bond donors (Lipinski definition) is 0. The van der Waals surface area contributed by atoms with Crippen molar-refractivity contribution in [1.82, 2.24) is 0 Å². The molecule has 0 radical (unpaired) electrons. The van der Waals surface area contributed by atoms with Gasteiger partial charge in [0.25, 0.3) is 0 Å². The summed E-state index contributed by atoms with van der Waals surface area (Å²) < 4.78 is 4.49. The summed E-state index contributed by atoms with van der Waals surface area (Å²) in [7, 11) is 0. The molecule has 1 rings (SSSR count). The van der Waals surface area contributed by atoms with E-state index in [1.165, 1.54) is 6.92 Å². The molecule has 0 amide bonds. The third-order valence-electron chi connectivity index (χ3n) is 2.65. The molecular formula is C11H18O3S. The van der Waals surface area contributed by atoms with Crippen LogP contribution in [0.25, 0.3) is 0 Å². The molecule has 0 atom stereocenters. The number of rotatable bonds is 3. The van der Waals surface area contributed by atoms with Gasteiger partial charge in [-0.05, 0) is 19.8 Å². The predicted molar refractivity (Wildman–Crippen MR) is 60.7 cm³/mol. The maximum absolute atomic E-state index is 11.9. The lowest BCUT2D eigenvalue weighted by Crippen LogP contribution is -2.39. The molecule has 0 aliphatic heterocycles. The van der Waals surface area contributed by atoms with Gasteiger partial charge in [0.05, 0.1) is 6.61 Å². The quantitative estimate of drug-likeness (QED) is 0.699. The first-order chi connectivity index (χ1) is 7.10. The van der Waals surface area contributed by atoms with Crippen molar-refractivity contribution >= 4 is 22.8 Å². The van der Waals surface area contributed by atoms with Crippen LogP contribution in [0.4, 0.5) is 0 Å². The van der Waals surface area contributed by atoms with Crippen molar-refractivity contribution in [1.29, 1.82) is 0 Å². The number of hydrogen-bond acceptors (Lipinski definition) is 4. The zero-order valence-electron chi connectivity index (χ0n) is 9.38. The molecule has 0 bridgehead atoms. The largest absolute Gasteiger partial charge is 0.465 e. The van der Waals surface area contributed by atoms with Crippen molar-refractivity contribution in [2.45, 2.75) is 50.7 Å². The van der Waals surface area contributed by atoms with Crippen LogP contribution >= 0.6 is 11.8 Å². The Balaban J connectivity index is 2.74. The van der Waals surface area contributed by atoms with Gasteiger partial charge in [0.2, 0.25) is 0 Å². The van der Waals surface area contributed by atoms with Gasteiger partial charge in [-0.1, -0.05) is 31.0 Å². The van der Waals surface area contributed by atoms with Crippen LogP contribution < -0.4 is 0 Å². The Labute approximate surface area is 94.9 Å². The Morgan fingerprint density at radius 3 is 2.33 bits per heavy atom. The Morgan fingerprint density at radius 1 is 1.27 bits per heavy atom. The fourth-order valence-corrected chi connectivity index (χ4v) is 3.19. The number of esters is 1.